The summed E-state index contributed by atoms with van der Waals surface area (Å²) in [5, 5.41) is 8.53. The van der Waals surface area contributed by atoms with Crippen LogP contribution in [0.25, 0.3) is 0 Å². The van der Waals surface area contributed by atoms with E-state index in [9.17, 15) is 8.78 Å². The van der Waals surface area contributed by atoms with Gasteiger partial charge in [-0.3, -0.25) is 0 Å². The van der Waals surface area contributed by atoms with Gasteiger partial charge < -0.3 is 0 Å². The number of allylic oxidation sites excluding steroid dienone is 4. The van der Waals surface area contributed by atoms with E-state index in [0.717, 1.165) is 25.7 Å². The van der Waals surface area contributed by atoms with Crippen molar-refractivity contribution < 1.29 is 8.78 Å². The minimum absolute atomic E-state index is 0.161. The second-order valence-electron chi connectivity index (χ2n) is 7.85. The Labute approximate surface area is 155 Å². The molecule has 0 N–H and O–H groups in total. The van der Waals surface area contributed by atoms with Crippen molar-refractivity contribution >= 4 is 0 Å². The number of hydrogen-bond acceptors (Lipinski definition) is 1. The van der Waals surface area contributed by atoms with Crippen molar-refractivity contribution in [3.05, 3.63) is 59.7 Å². The van der Waals surface area contributed by atoms with Crippen LogP contribution in [0.4, 0.5) is 8.78 Å². The van der Waals surface area contributed by atoms with Crippen LogP contribution in [0.5, 0.6) is 0 Å². The van der Waals surface area contributed by atoms with Crippen molar-refractivity contribution in [2.24, 2.45) is 17.8 Å². The van der Waals surface area contributed by atoms with E-state index in [1.807, 2.05) is 12.1 Å². The molecule has 0 saturated heterocycles. The first kappa shape index (κ1) is 18.8. The van der Waals surface area contributed by atoms with Crippen LogP contribution in [0.2, 0.25) is 0 Å². The highest BCUT2D eigenvalue weighted by Gasteiger charge is 2.22. The molecular weight excluding hydrogens is 328 g/mol. The molecule has 0 heterocycles. The molecule has 0 amide bonds. The molecule has 2 saturated carbocycles. The van der Waals surface area contributed by atoms with Crippen LogP contribution >= 0.6 is 0 Å². The van der Waals surface area contributed by atoms with Gasteiger partial charge in [0.1, 0.15) is 11.9 Å². The molecule has 0 unspecified atom stereocenters. The third-order valence-electron chi connectivity index (χ3n) is 6.07. The van der Waals surface area contributed by atoms with Crippen LogP contribution in [-0.2, 0) is 0 Å². The van der Waals surface area contributed by atoms with Crippen LogP contribution in [0.1, 0.15) is 62.8 Å². The molecule has 2 fully saturated rings. The highest BCUT2D eigenvalue weighted by Crippen LogP contribution is 2.37. The molecule has 0 aromatic heterocycles. The Balaban J connectivity index is 1.42. The van der Waals surface area contributed by atoms with Crippen molar-refractivity contribution in [2.75, 3.05) is 0 Å². The summed E-state index contributed by atoms with van der Waals surface area (Å²) in [5.74, 6) is 1.25. The summed E-state index contributed by atoms with van der Waals surface area (Å²) in [4.78, 5) is 0. The van der Waals surface area contributed by atoms with Gasteiger partial charge in [-0.15, -0.1) is 0 Å². The maximum Gasteiger partial charge on any atom is 0.196 e. The summed E-state index contributed by atoms with van der Waals surface area (Å²) in [6.45, 7) is 0. The van der Waals surface area contributed by atoms with Gasteiger partial charge in [0.25, 0.3) is 0 Å². The smallest absolute Gasteiger partial charge is 0.196 e. The predicted molar refractivity (Wildman–Crippen MR) is 100 cm³/mol. The van der Waals surface area contributed by atoms with Gasteiger partial charge in [0.05, 0.1) is 0 Å². The molecule has 2 aliphatic carbocycles. The van der Waals surface area contributed by atoms with Crippen LogP contribution in [0.15, 0.2) is 48.3 Å². The highest BCUT2D eigenvalue weighted by atomic mass is 19.1. The summed E-state index contributed by atoms with van der Waals surface area (Å²) < 4.78 is 26.1. The highest BCUT2D eigenvalue weighted by molar-refractivity contribution is 5.21. The number of rotatable bonds is 4. The molecule has 0 aliphatic heterocycles. The quantitative estimate of drug-likeness (QED) is 0.428. The third-order valence-corrected chi connectivity index (χ3v) is 6.07. The van der Waals surface area contributed by atoms with Crippen molar-refractivity contribution in [1.82, 2.24) is 0 Å². The Morgan fingerprint density at radius 1 is 0.846 bits per heavy atom. The largest absolute Gasteiger partial charge is 0.207 e. The second kappa shape index (κ2) is 9.12. The van der Waals surface area contributed by atoms with Crippen LogP contribution in [-0.4, -0.2) is 0 Å². The van der Waals surface area contributed by atoms with E-state index in [1.165, 1.54) is 37.3 Å². The van der Waals surface area contributed by atoms with E-state index < -0.39 is 5.83 Å². The summed E-state index contributed by atoms with van der Waals surface area (Å²) in [5.41, 5.74) is 1.27. The molecule has 1 nitrogen and oxygen atoms in total. The van der Waals surface area contributed by atoms with Gasteiger partial charge in [-0.1, -0.05) is 24.3 Å². The fourth-order valence-electron chi connectivity index (χ4n) is 4.44. The lowest BCUT2D eigenvalue weighted by Gasteiger charge is -2.28. The van der Waals surface area contributed by atoms with E-state index in [0.29, 0.717) is 17.8 Å². The van der Waals surface area contributed by atoms with E-state index in [4.69, 9.17) is 5.26 Å². The predicted octanol–water partition coefficient (Wildman–Crippen LogP) is 6.84. The Kier molecular flexibility index (Phi) is 6.61. The van der Waals surface area contributed by atoms with Crippen molar-refractivity contribution in [1.29, 1.82) is 5.26 Å². The van der Waals surface area contributed by atoms with Crippen molar-refractivity contribution in [3.63, 3.8) is 0 Å². The van der Waals surface area contributed by atoms with Crippen molar-refractivity contribution in [2.45, 2.75) is 57.3 Å². The summed E-state index contributed by atoms with van der Waals surface area (Å²) >= 11 is 0. The van der Waals surface area contributed by atoms with Gasteiger partial charge in [0.2, 0.25) is 0 Å². The first-order valence-corrected chi connectivity index (χ1v) is 9.85. The molecular formula is C23H27F2N. The fraction of sp³-hybridized carbons (Fsp3) is 0.522. The lowest BCUT2D eigenvalue weighted by Crippen LogP contribution is -2.14. The molecule has 2 aliphatic rings. The molecule has 0 radical (unpaired) electrons. The van der Waals surface area contributed by atoms with E-state index in [1.54, 1.807) is 18.2 Å². The standard InChI is InChI=1S/C23H27F2N/c24-22-13-11-21(12-14-22)20-9-7-18(8-10-20)2-1-17-3-5-19(6-4-17)15-23(25)16-26/h1-2,11-15,17-20H,3-10H2/b2-1+,23-15?. The Morgan fingerprint density at radius 2 is 1.35 bits per heavy atom. The molecule has 1 aromatic rings. The van der Waals surface area contributed by atoms with E-state index >= 15 is 0 Å². The SMILES string of the molecule is N#CC(F)=CC1CCC(/C=C/C2CCC(c3ccc(F)cc3)CC2)CC1. The zero-order valence-electron chi connectivity index (χ0n) is 15.2. The van der Waals surface area contributed by atoms with E-state index in [2.05, 4.69) is 12.2 Å². The summed E-state index contributed by atoms with van der Waals surface area (Å²) in [7, 11) is 0. The van der Waals surface area contributed by atoms with Crippen molar-refractivity contribution in [3.8, 4) is 6.07 Å². The number of halogens is 2. The van der Waals surface area contributed by atoms with Crippen LogP contribution < -0.4 is 0 Å². The molecule has 3 heteroatoms. The molecule has 1 aromatic carbocycles. The van der Waals surface area contributed by atoms with Gasteiger partial charge in [0, 0.05) is 0 Å². The van der Waals surface area contributed by atoms with Crippen LogP contribution in [0, 0.1) is 34.9 Å². The van der Waals surface area contributed by atoms with Crippen LogP contribution in [0.3, 0.4) is 0 Å². The fourth-order valence-corrected chi connectivity index (χ4v) is 4.44. The first-order chi connectivity index (χ1) is 12.6. The van der Waals surface area contributed by atoms with Gasteiger partial charge in [-0.25, -0.2) is 4.39 Å². The first-order valence-electron chi connectivity index (χ1n) is 9.85. The number of nitriles is 1. The minimum atomic E-state index is -0.637. The van der Waals surface area contributed by atoms with E-state index in [-0.39, 0.29) is 11.7 Å². The van der Waals surface area contributed by atoms with Gasteiger partial charge in [0.15, 0.2) is 5.83 Å². The number of nitrogens with zero attached hydrogens (tertiary/aromatic N) is 1. The topological polar surface area (TPSA) is 23.8 Å². The lowest BCUT2D eigenvalue weighted by atomic mass is 9.77. The Hall–Kier alpha value is -1.95. The number of benzene rings is 1. The maximum atomic E-state index is 13.1. The zero-order chi connectivity index (χ0) is 18.4. The van der Waals surface area contributed by atoms with Gasteiger partial charge >= 0.3 is 0 Å². The van der Waals surface area contributed by atoms with Gasteiger partial charge in [-0.05, 0) is 98.8 Å². The average molecular weight is 355 g/mol. The Morgan fingerprint density at radius 3 is 1.88 bits per heavy atom. The second-order valence-corrected chi connectivity index (χ2v) is 7.85. The molecule has 0 atom stereocenters. The maximum absolute atomic E-state index is 13.1. The minimum Gasteiger partial charge on any atom is -0.207 e. The third kappa shape index (κ3) is 5.27. The average Bonchev–Trinajstić information content (AvgIpc) is 2.68. The monoisotopic (exact) mass is 355 g/mol. The lowest BCUT2D eigenvalue weighted by molar-refractivity contribution is 0.346. The molecule has 0 spiro atoms. The zero-order valence-corrected chi connectivity index (χ0v) is 15.2. The Bertz CT molecular complexity index is 667. The summed E-state index contributed by atoms with van der Waals surface area (Å²) in [6, 6.07) is 8.56. The molecule has 3 rings (SSSR count). The normalized spacial score (nSPS) is 30.3. The summed E-state index contributed by atoms with van der Waals surface area (Å²) in [6.07, 6.45) is 15.1. The van der Waals surface area contributed by atoms with Gasteiger partial charge in [-0.2, -0.15) is 9.65 Å². The molecule has 26 heavy (non-hydrogen) atoms. The molecule has 138 valence electrons. The molecule has 0 bridgehead atoms. The number of hydrogen-bond donors (Lipinski definition) is 0.